The predicted molar refractivity (Wildman–Crippen MR) is 216 cm³/mol. The molecule has 1 spiro atoms. The van der Waals surface area contributed by atoms with E-state index in [2.05, 4.69) is 27.7 Å². The van der Waals surface area contributed by atoms with Gasteiger partial charge in [-0.2, -0.15) is 0 Å². The normalized spacial score (nSPS) is 58.2. The van der Waals surface area contributed by atoms with Crippen molar-refractivity contribution in [3.63, 3.8) is 0 Å². The highest BCUT2D eigenvalue weighted by Gasteiger charge is 2.69. The van der Waals surface area contributed by atoms with Crippen LogP contribution < -0.4 is 0 Å². The highest BCUT2D eigenvalue weighted by Crippen LogP contribution is 2.71. The first-order chi connectivity index (χ1) is 29.9. The second-order valence-corrected chi connectivity index (χ2v) is 21.6. The van der Waals surface area contributed by atoms with E-state index in [-0.39, 0.29) is 23.0 Å². The Balaban J connectivity index is 0.869. The van der Waals surface area contributed by atoms with Gasteiger partial charge < -0.3 is 89.0 Å². The zero-order chi connectivity index (χ0) is 44.9. The third-order valence-corrected chi connectivity index (χ3v) is 18.3. The fourth-order valence-corrected chi connectivity index (χ4v) is 14.6. The lowest BCUT2D eigenvalue weighted by atomic mass is 9.44. The van der Waals surface area contributed by atoms with Gasteiger partial charge in [-0.05, 0) is 104 Å². The van der Waals surface area contributed by atoms with Crippen LogP contribution in [0.25, 0.3) is 0 Å². The monoisotopic (exact) mass is 902 g/mol. The van der Waals surface area contributed by atoms with Crippen molar-refractivity contribution in [1.82, 2.24) is 0 Å². The first kappa shape index (κ1) is 47.4. The van der Waals surface area contributed by atoms with Crippen molar-refractivity contribution in [3.8, 4) is 0 Å². The van der Waals surface area contributed by atoms with Crippen LogP contribution in [0.15, 0.2) is 0 Å². The molecule has 4 saturated carbocycles. The maximum atomic E-state index is 11.6. The molecular formula is C45H74O18. The van der Waals surface area contributed by atoms with Gasteiger partial charge in [-0.3, -0.25) is 0 Å². The third-order valence-electron chi connectivity index (χ3n) is 18.3. The molecule has 0 aromatic heterocycles. The highest BCUT2D eigenvalue weighted by atomic mass is 16.8. The number of ether oxygens (including phenoxy) is 8. The van der Waals surface area contributed by atoms with Crippen LogP contribution >= 0.6 is 0 Å². The summed E-state index contributed by atoms with van der Waals surface area (Å²) >= 11 is 0. The number of aliphatic hydroxyl groups is 10. The van der Waals surface area contributed by atoms with Crippen LogP contribution in [0, 0.1) is 52.3 Å². The summed E-state index contributed by atoms with van der Waals surface area (Å²) < 4.78 is 49.2. The Kier molecular flexibility index (Phi) is 13.5. The maximum Gasteiger partial charge on any atom is 0.187 e. The minimum Gasteiger partial charge on any atom is -0.394 e. The van der Waals surface area contributed by atoms with Crippen molar-refractivity contribution >= 4 is 0 Å². The van der Waals surface area contributed by atoms with E-state index in [9.17, 15) is 51.1 Å². The highest BCUT2D eigenvalue weighted by molar-refractivity contribution is 5.15. The largest absolute Gasteiger partial charge is 0.394 e. The molecular weight excluding hydrogens is 828 g/mol. The summed E-state index contributed by atoms with van der Waals surface area (Å²) in [6, 6.07) is 0. The van der Waals surface area contributed by atoms with Gasteiger partial charge in [-0.15, -0.1) is 0 Å². The van der Waals surface area contributed by atoms with Gasteiger partial charge >= 0.3 is 0 Å². The van der Waals surface area contributed by atoms with E-state index in [0.717, 1.165) is 51.6 Å². The van der Waals surface area contributed by atoms with E-state index in [1.807, 2.05) is 0 Å². The third kappa shape index (κ3) is 7.98. The average Bonchev–Trinajstić information content (AvgIpc) is 3.72. The van der Waals surface area contributed by atoms with E-state index < -0.39 is 118 Å². The molecule has 0 amide bonds. The molecule has 5 heterocycles. The zero-order valence-electron chi connectivity index (χ0n) is 37.0. The minimum atomic E-state index is -1.84. The van der Waals surface area contributed by atoms with Gasteiger partial charge in [-0.25, -0.2) is 0 Å². The first-order valence-electron chi connectivity index (χ1n) is 23.8. The molecule has 4 aliphatic carbocycles. The summed E-state index contributed by atoms with van der Waals surface area (Å²) in [7, 11) is 0. The summed E-state index contributed by atoms with van der Waals surface area (Å²) in [5.41, 5.74) is 0.323. The van der Waals surface area contributed by atoms with E-state index in [0.29, 0.717) is 47.8 Å². The second kappa shape index (κ2) is 18.0. The Morgan fingerprint density at radius 2 is 1.21 bits per heavy atom. The van der Waals surface area contributed by atoms with Crippen molar-refractivity contribution in [3.05, 3.63) is 0 Å². The number of hydrogen-bond donors (Lipinski definition) is 10. The summed E-state index contributed by atoms with van der Waals surface area (Å²) in [6.45, 7) is 8.48. The maximum absolute atomic E-state index is 11.6. The summed E-state index contributed by atoms with van der Waals surface area (Å²) in [4.78, 5) is 0. The predicted octanol–water partition coefficient (Wildman–Crippen LogP) is -0.734. The van der Waals surface area contributed by atoms with Crippen LogP contribution in [0.1, 0.15) is 91.9 Å². The summed E-state index contributed by atoms with van der Waals surface area (Å²) in [5.74, 6) is 3.17. The van der Waals surface area contributed by atoms with Gasteiger partial charge in [-0.1, -0.05) is 27.7 Å². The molecule has 0 bridgehead atoms. The van der Waals surface area contributed by atoms with Crippen LogP contribution in [0.3, 0.4) is 0 Å². The molecule has 9 rings (SSSR count). The van der Waals surface area contributed by atoms with Crippen LogP contribution in [-0.4, -0.2) is 188 Å². The molecule has 18 heteroatoms. The lowest BCUT2D eigenvalue weighted by molar-refractivity contribution is -0.371. The Hall–Kier alpha value is -0.720. The molecule has 9 aliphatic rings. The minimum absolute atomic E-state index is 0.107. The molecule has 18 nitrogen and oxygen atoms in total. The Labute approximate surface area is 369 Å². The molecule has 0 radical (unpaired) electrons. The van der Waals surface area contributed by atoms with Crippen molar-refractivity contribution in [2.24, 2.45) is 52.3 Å². The van der Waals surface area contributed by atoms with Crippen molar-refractivity contribution in [2.45, 2.75) is 202 Å². The SMILES string of the molecule is CC1CCC2(OC1)OC1CC3C4CCC5CC(OC6OC(COC7OC(CO)C(O)C(O)C7O)C(OC7OC(CO)C(O)C(O)C7O)C(O)C6O)CCC5(C)C4CCC3(C)C1C2C. The quantitative estimate of drug-likeness (QED) is 0.128. The lowest BCUT2D eigenvalue weighted by Crippen LogP contribution is -2.65. The second-order valence-electron chi connectivity index (χ2n) is 21.6. The summed E-state index contributed by atoms with van der Waals surface area (Å²) in [5, 5.41) is 105. The Morgan fingerprint density at radius 1 is 0.587 bits per heavy atom. The topological polar surface area (TPSA) is 276 Å². The van der Waals surface area contributed by atoms with Crippen LogP contribution in [0.4, 0.5) is 0 Å². The molecule has 5 saturated heterocycles. The van der Waals surface area contributed by atoms with Crippen molar-refractivity contribution in [1.29, 1.82) is 0 Å². The first-order valence-corrected chi connectivity index (χ1v) is 23.8. The van der Waals surface area contributed by atoms with Crippen molar-refractivity contribution < 1.29 is 89.0 Å². The molecule has 362 valence electrons. The van der Waals surface area contributed by atoms with E-state index in [4.69, 9.17) is 37.9 Å². The zero-order valence-corrected chi connectivity index (χ0v) is 37.0. The van der Waals surface area contributed by atoms with Gasteiger partial charge in [0.05, 0.1) is 38.6 Å². The van der Waals surface area contributed by atoms with E-state index in [1.165, 1.54) is 12.8 Å². The van der Waals surface area contributed by atoms with E-state index in [1.54, 1.807) is 0 Å². The smallest absolute Gasteiger partial charge is 0.187 e. The lowest BCUT2D eigenvalue weighted by Gasteiger charge is -2.61. The molecule has 27 atom stereocenters. The molecule has 0 aromatic rings. The van der Waals surface area contributed by atoms with Gasteiger partial charge in [0.25, 0.3) is 0 Å². The van der Waals surface area contributed by atoms with Crippen LogP contribution in [-0.2, 0) is 37.9 Å². The number of aliphatic hydroxyl groups excluding tert-OH is 10. The summed E-state index contributed by atoms with van der Waals surface area (Å²) in [6.07, 6.45) is -13.9. The van der Waals surface area contributed by atoms with Gasteiger partial charge in [0.1, 0.15) is 73.2 Å². The molecule has 0 aromatic carbocycles. The molecule has 63 heavy (non-hydrogen) atoms. The van der Waals surface area contributed by atoms with Crippen LogP contribution in [0.2, 0.25) is 0 Å². The van der Waals surface area contributed by atoms with Gasteiger partial charge in [0.15, 0.2) is 24.7 Å². The number of fused-ring (bicyclic) bond motifs is 7. The standard InChI is InChI=1S/C45H74O18/c1-19-7-12-45(57-17-19)20(2)30-26(63-45)14-25-23-6-5-21-13-22(8-10-43(21,3)24(23)9-11-44(25,30)4)58-41-38(55)35(52)39(62-42-37(54)34(51)32(49)28(16-47)60-42)29(61-41)18-56-40-36(53)33(50)31(48)27(15-46)59-40/h19-42,46-55H,5-18H2,1-4H3. The van der Waals surface area contributed by atoms with Crippen molar-refractivity contribution in [2.75, 3.05) is 26.4 Å². The molecule has 27 unspecified atom stereocenters. The number of hydrogen-bond acceptors (Lipinski definition) is 18. The van der Waals surface area contributed by atoms with Gasteiger partial charge in [0.2, 0.25) is 0 Å². The Morgan fingerprint density at radius 3 is 1.87 bits per heavy atom. The van der Waals surface area contributed by atoms with E-state index >= 15 is 0 Å². The molecule has 9 fully saturated rings. The average molecular weight is 903 g/mol. The fraction of sp³-hybridized carbons (Fsp3) is 1.00. The fourth-order valence-electron chi connectivity index (χ4n) is 14.6. The molecule has 10 N–H and O–H groups in total. The van der Waals surface area contributed by atoms with Crippen LogP contribution in [0.5, 0.6) is 0 Å². The Bertz CT molecular complexity index is 1570. The molecule has 5 aliphatic heterocycles. The number of rotatable bonds is 9. The van der Waals surface area contributed by atoms with Gasteiger partial charge in [0, 0.05) is 12.3 Å².